The largest absolute Gasteiger partial charge is 0.469 e. The fourth-order valence-electron chi connectivity index (χ4n) is 1.34. The Hall–Kier alpha value is -1.48. The summed E-state index contributed by atoms with van der Waals surface area (Å²) in [5.41, 5.74) is -0.341. The van der Waals surface area contributed by atoms with Crippen LogP contribution in [0.4, 0.5) is 8.78 Å². The van der Waals surface area contributed by atoms with E-state index in [9.17, 15) is 13.6 Å². The molecule has 0 heterocycles. The number of carbonyl (C=O) groups excluding carboxylic acids is 1. The number of methoxy groups -OCH3 is 1. The predicted molar refractivity (Wildman–Crippen MR) is 59.5 cm³/mol. The second-order valence-corrected chi connectivity index (χ2v) is 4.01. The van der Waals surface area contributed by atoms with Crippen LogP contribution >= 0.6 is 15.9 Å². The number of nitriles is 1. The molecule has 1 rings (SSSR count). The molecule has 0 bridgehead atoms. The maximum atomic E-state index is 12.7. The van der Waals surface area contributed by atoms with E-state index in [1.54, 1.807) is 6.07 Å². The second-order valence-electron chi connectivity index (χ2n) is 3.16. The molecule has 0 aliphatic rings. The molecule has 1 aromatic rings. The Morgan fingerprint density at radius 1 is 1.59 bits per heavy atom. The van der Waals surface area contributed by atoms with Gasteiger partial charge in [0.05, 0.1) is 25.2 Å². The van der Waals surface area contributed by atoms with Crippen LogP contribution < -0.4 is 0 Å². The van der Waals surface area contributed by atoms with Crippen molar-refractivity contribution in [3.63, 3.8) is 0 Å². The van der Waals surface area contributed by atoms with Crippen LogP contribution in [0.3, 0.4) is 0 Å². The predicted octanol–water partition coefficient (Wildman–Crippen LogP) is 2.97. The van der Waals surface area contributed by atoms with Gasteiger partial charge in [0.1, 0.15) is 0 Å². The molecule has 0 amide bonds. The Morgan fingerprint density at radius 3 is 2.71 bits per heavy atom. The highest BCUT2D eigenvalue weighted by Gasteiger charge is 2.20. The Morgan fingerprint density at radius 2 is 2.24 bits per heavy atom. The zero-order chi connectivity index (χ0) is 13.0. The highest BCUT2D eigenvalue weighted by Crippen LogP contribution is 2.30. The van der Waals surface area contributed by atoms with Crippen LogP contribution in [-0.2, 0) is 16.0 Å². The maximum absolute atomic E-state index is 12.7. The van der Waals surface area contributed by atoms with Crippen molar-refractivity contribution in [1.82, 2.24) is 0 Å². The van der Waals surface area contributed by atoms with E-state index in [0.29, 0.717) is 4.47 Å². The standard InChI is InChI=1S/C11H8BrF2NO2/c1-17-10(16)4-7-8(5-15)6(11(13)14)2-3-9(7)12/h2-3,11H,4H2,1H3. The van der Waals surface area contributed by atoms with E-state index in [-0.39, 0.29) is 23.1 Å². The van der Waals surface area contributed by atoms with Crippen LogP contribution in [0.5, 0.6) is 0 Å². The molecular formula is C11H8BrF2NO2. The molecule has 0 saturated carbocycles. The normalized spacial score (nSPS) is 10.1. The summed E-state index contributed by atoms with van der Waals surface area (Å²) in [7, 11) is 1.19. The zero-order valence-electron chi connectivity index (χ0n) is 8.84. The van der Waals surface area contributed by atoms with E-state index in [0.717, 1.165) is 6.07 Å². The summed E-state index contributed by atoms with van der Waals surface area (Å²) in [6.07, 6.45) is -2.98. The number of rotatable bonds is 3. The lowest BCUT2D eigenvalue weighted by molar-refractivity contribution is -0.139. The van der Waals surface area contributed by atoms with Crippen LogP contribution in [0.25, 0.3) is 0 Å². The number of esters is 1. The van der Waals surface area contributed by atoms with E-state index < -0.39 is 12.4 Å². The Kier molecular flexibility index (Phi) is 4.58. The van der Waals surface area contributed by atoms with Gasteiger partial charge in [-0.2, -0.15) is 5.26 Å². The van der Waals surface area contributed by atoms with Crippen molar-refractivity contribution < 1.29 is 18.3 Å². The molecule has 0 N–H and O–H groups in total. The average Bonchev–Trinajstić information content (AvgIpc) is 2.30. The second kappa shape index (κ2) is 5.73. The SMILES string of the molecule is COC(=O)Cc1c(Br)ccc(C(F)F)c1C#N. The summed E-state index contributed by atoms with van der Waals surface area (Å²) in [6.45, 7) is 0. The number of hydrogen-bond acceptors (Lipinski definition) is 3. The van der Waals surface area contributed by atoms with E-state index in [1.807, 2.05) is 0 Å². The summed E-state index contributed by atoms with van der Waals surface area (Å²) in [6, 6.07) is 4.25. The molecule has 6 heteroatoms. The van der Waals surface area contributed by atoms with Gasteiger partial charge in [-0.25, -0.2) is 8.78 Å². The number of hydrogen-bond donors (Lipinski definition) is 0. The quantitative estimate of drug-likeness (QED) is 0.807. The average molecular weight is 304 g/mol. The highest BCUT2D eigenvalue weighted by molar-refractivity contribution is 9.10. The fraction of sp³-hybridized carbons (Fsp3) is 0.273. The molecule has 1 aromatic carbocycles. The van der Waals surface area contributed by atoms with Gasteiger partial charge in [0.2, 0.25) is 0 Å². The molecule has 17 heavy (non-hydrogen) atoms. The van der Waals surface area contributed by atoms with E-state index in [2.05, 4.69) is 20.7 Å². The van der Waals surface area contributed by atoms with E-state index >= 15 is 0 Å². The first-order valence-electron chi connectivity index (χ1n) is 4.57. The molecule has 0 saturated heterocycles. The molecule has 0 fully saturated rings. The number of benzene rings is 1. The number of alkyl halides is 2. The lowest BCUT2D eigenvalue weighted by Crippen LogP contribution is -2.08. The van der Waals surface area contributed by atoms with Crippen LogP contribution in [0, 0.1) is 11.3 Å². The Labute approximate surface area is 105 Å². The fourth-order valence-corrected chi connectivity index (χ4v) is 1.81. The van der Waals surface area contributed by atoms with Crippen molar-refractivity contribution >= 4 is 21.9 Å². The minimum Gasteiger partial charge on any atom is -0.469 e. The van der Waals surface area contributed by atoms with Gasteiger partial charge in [-0.05, 0) is 11.6 Å². The number of halogens is 3. The summed E-state index contributed by atoms with van der Waals surface area (Å²) in [4.78, 5) is 11.1. The monoisotopic (exact) mass is 303 g/mol. The number of carbonyl (C=O) groups is 1. The maximum Gasteiger partial charge on any atom is 0.310 e. The highest BCUT2D eigenvalue weighted by atomic mass is 79.9. The topological polar surface area (TPSA) is 50.1 Å². The molecule has 0 aromatic heterocycles. The van der Waals surface area contributed by atoms with Crippen LogP contribution in [-0.4, -0.2) is 13.1 Å². The molecule has 3 nitrogen and oxygen atoms in total. The van der Waals surface area contributed by atoms with Crippen LogP contribution in [0.2, 0.25) is 0 Å². The van der Waals surface area contributed by atoms with Crippen molar-refractivity contribution in [3.05, 3.63) is 33.3 Å². The molecule has 0 spiro atoms. The first-order chi connectivity index (χ1) is 8.01. The van der Waals surface area contributed by atoms with Gasteiger partial charge < -0.3 is 4.74 Å². The third-order valence-electron chi connectivity index (χ3n) is 2.18. The minimum absolute atomic E-state index is 0.181. The first kappa shape index (κ1) is 13.6. The van der Waals surface area contributed by atoms with Gasteiger partial charge in [-0.3, -0.25) is 4.79 Å². The summed E-state index contributed by atoms with van der Waals surface area (Å²) in [5, 5.41) is 8.90. The smallest absolute Gasteiger partial charge is 0.310 e. The van der Waals surface area contributed by atoms with Crippen molar-refractivity contribution in [2.24, 2.45) is 0 Å². The molecule has 0 radical (unpaired) electrons. The summed E-state index contributed by atoms with van der Waals surface area (Å²) >= 11 is 3.13. The first-order valence-corrected chi connectivity index (χ1v) is 5.36. The van der Waals surface area contributed by atoms with Gasteiger partial charge >= 0.3 is 5.97 Å². The van der Waals surface area contributed by atoms with Gasteiger partial charge in [0.15, 0.2) is 0 Å². The van der Waals surface area contributed by atoms with Crippen molar-refractivity contribution in [2.45, 2.75) is 12.8 Å². The molecule has 0 aliphatic carbocycles. The molecule has 90 valence electrons. The van der Waals surface area contributed by atoms with E-state index in [4.69, 9.17) is 5.26 Å². The number of ether oxygens (including phenoxy) is 1. The summed E-state index contributed by atoms with van der Waals surface area (Å²) in [5.74, 6) is -0.589. The molecule has 0 atom stereocenters. The lowest BCUT2D eigenvalue weighted by atomic mass is 10.00. The third-order valence-corrected chi connectivity index (χ3v) is 2.93. The molecule has 0 unspecified atom stereocenters. The van der Waals surface area contributed by atoms with Gasteiger partial charge in [0.25, 0.3) is 6.43 Å². The van der Waals surface area contributed by atoms with Crippen LogP contribution in [0.1, 0.15) is 23.1 Å². The molecular weight excluding hydrogens is 296 g/mol. The van der Waals surface area contributed by atoms with E-state index in [1.165, 1.54) is 13.2 Å². The third kappa shape index (κ3) is 3.01. The van der Waals surface area contributed by atoms with Crippen molar-refractivity contribution in [3.8, 4) is 6.07 Å². The Balaban J connectivity index is 3.32. The van der Waals surface area contributed by atoms with Crippen LogP contribution in [0.15, 0.2) is 16.6 Å². The zero-order valence-corrected chi connectivity index (χ0v) is 10.4. The number of nitrogens with zero attached hydrogens (tertiary/aromatic N) is 1. The van der Waals surface area contributed by atoms with Crippen molar-refractivity contribution in [2.75, 3.05) is 7.11 Å². The summed E-state index contributed by atoms with van der Waals surface area (Å²) < 4.78 is 30.2. The van der Waals surface area contributed by atoms with Gasteiger partial charge in [0, 0.05) is 10.0 Å². The van der Waals surface area contributed by atoms with Gasteiger partial charge in [-0.15, -0.1) is 0 Å². The minimum atomic E-state index is -2.76. The lowest BCUT2D eigenvalue weighted by Gasteiger charge is -2.10. The molecule has 0 aliphatic heterocycles. The van der Waals surface area contributed by atoms with Crippen molar-refractivity contribution in [1.29, 1.82) is 5.26 Å². The Bertz CT molecular complexity index is 483. The van der Waals surface area contributed by atoms with Gasteiger partial charge in [-0.1, -0.05) is 22.0 Å².